The SMILES string of the molecule is CC1CN(Cc2ccccc2)CCN1CCC(=O)O. The van der Waals surface area contributed by atoms with E-state index in [4.69, 9.17) is 5.11 Å². The number of rotatable bonds is 5. The lowest BCUT2D eigenvalue weighted by Crippen LogP contribution is -2.51. The van der Waals surface area contributed by atoms with Crippen molar-refractivity contribution in [1.82, 2.24) is 9.80 Å². The highest BCUT2D eigenvalue weighted by molar-refractivity contribution is 5.66. The van der Waals surface area contributed by atoms with Crippen LogP contribution in [0.4, 0.5) is 0 Å². The van der Waals surface area contributed by atoms with E-state index in [9.17, 15) is 4.79 Å². The van der Waals surface area contributed by atoms with Gasteiger partial charge in [-0.25, -0.2) is 0 Å². The molecule has 0 amide bonds. The van der Waals surface area contributed by atoms with Crippen molar-refractivity contribution in [1.29, 1.82) is 0 Å². The quantitative estimate of drug-likeness (QED) is 0.876. The molecule has 1 unspecified atom stereocenters. The minimum Gasteiger partial charge on any atom is -0.481 e. The molecule has 1 aliphatic rings. The second-order valence-corrected chi connectivity index (χ2v) is 5.25. The molecule has 1 aromatic carbocycles. The molecule has 19 heavy (non-hydrogen) atoms. The van der Waals surface area contributed by atoms with Gasteiger partial charge >= 0.3 is 5.97 Å². The molecule has 1 aliphatic heterocycles. The lowest BCUT2D eigenvalue weighted by Gasteiger charge is -2.39. The first kappa shape index (κ1) is 14.0. The van der Waals surface area contributed by atoms with Gasteiger partial charge in [0.05, 0.1) is 6.42 Å². The van der Waals surface area contributed by atoms with Crippen LogP contribution < -0.4 is 0 Å². The maximum absolute atomic E-state index is 10.6. The molecule has 4 heteroatoms. The van der Waals surface area contributed by atoms with Gasteiger partial charge in [0, 0.05) is 38.8 Å². The number of hydrogen-bond acceptors (Lipinski definition) is 3. The van der Waals surface area contributed by atoms with E-state index in [1.54, 1.807) is 0 Å². The zero-order chi connectivity index (χ0) is 13.7. The Kier molecular flexibility index (Phi) is 4.93. The second-order valence-electron chi connectivity index (χ2n) is 5.25. The zero-order valence-electron chi connectivity index (χ0n) is 11.5. The van der Waals surface area contributed by atoms with E-state index in [0.717, 1.165) is 26.2 Å². The first-order chi connectivity index (χ1) is 9.15. The lowest BCUT2D eigenvalue weighted by atomic mass is 10.1. The maximum Gasteiger partial charge on any atom is 0.304 e. The minimum absolute atomic E-state index is 0.239. The van der Waals surface area contributed by atoms with Crippen LogP contribution in [0.2, 0.25) is 0 Å². The van der Waals surface area contributed by atoms with Crippen LogP contribution in [-0.4, -0.2) is 53.1 Å². The summed E-state index contributed by atoms with van der Waals surface area (Å²) >= 11 is 0. The molecule has 0 bridgehead atoms. The van der Waals surface area contributed by atoms with E-state index in [2.05, 4.69) is 41.0 Å². The Labute approximate surface area is 114 Å². The Morgan fingerprint density at radius 2 is 2.05 bits per heavy atom. The molecule has 0 spiro atoms. The molecule has 2 rings (SSSR count). The Hall–Kier alpha value is -1.39. The van der Waals surface area contributed by atoms with Gasteiger partial charge in [-0.05, 0) is 12.5 Å². The largest absolute Gasteiger partial charge is 0.481 e. The summed E-state index contributed by atoms with van der Waals surface area (Å²) in [6.45, 7) is 6.81. The molecule has 1 aromatic rings. The third kappa shape index (κ3) is 4.33. The molecule has 0 aliphatic carbocycles. The average molecular weight is 262 g/mol. The number of hydrogen-bond donors (Lipinski definition) is 1. The molecule has 0 aromatic heterocycles. The zero-order valence-corrected chi connectivity index (χ0v) is 11.5. The molecule has 4 nitrogen and oxygen atoms in total. The van der Waals surface area contributed by atoms with Crippen LogP contribution in [0.25, 0.3) is 0 Å². The Bertz CT molecular complexity index is 408. The van der Waals surface area contributed by atoms with Crippen LogP contribution in [-0.2, 0) is 11.3 Å². The van der Waals surface area contributed by atoms with Gasteiger partial charge < -0.3 is 5.11 Å². The number of nitrogens with zero attached hydrogens (tertiary/aromatic N) is 2. The first-order valence-electron chi connectivity index (χ1n) is 6.87. The molecule has 1 N–H and O–H groups in total. The smallest absolute Gasteiger partial charge is 0.304 e. The summed E-state index contributed by atoms with van der Waals surface area (Å²) in [6, 6.07) is 10.9. The summed E-state index contributed by atoms with van der Waals surface area (Å²) < 4.78 is 0. The molecular weight excluding hydrogens is 240 g/mol. The number of piperazine rings is 1. The predicted molar refractivity (Wildman–Crippen MR) is 75.0 cm³/mol. The molecule has 1 fully saturated rings. The highest BCUT2D eigenvalue weighted by Gasteiger charge is 2.23. The van der Waals surface area contributed by atoms with Gasteiger partial charge in [-0.1, -0.05) is 30.3 Å². The van der Waals surface area contributed by atoms with Gasteiger partial charge in [0.15, 0.2) is 0 Å². The van der Waals surface area contributed by atoms with Crippen molar-refractivity contribution in [3.8, 4) is 0 Å². The van der Waals surface area contributed by atoms with Gasteiger partial charge in [0.25, 0.3) is 0 Å². The van der Waals surface area contributed by atoms with Crippen molar-refractivity contribution in [2.75, 3.05) is 26.2 Å². The van der Waals surface area contributed by atoms with Crippen LogP contribution in [0.15, 0.2) is 30.3 Å². The fourth-order valence-corrected chi connectivity index (χ4v) is 2.63. The van der Waals surface area contributed by atoms with Gasteiger partial charge in [0.2, 0.25) is 0 Å². The van der Waals surface area contributed by atoms with Crippen molar-refractivity contribution < 1.29 is 9.90 Å². The average Bonchev–Trinajstić information content (AvgIpc) is 2.39. The number of carboxylic acids is 1. The van der Waals surface area contributed by atoms with E-state index < -0.39 is 5.97 Å². The van der Waals surface area contributed by atoms with Crippen molar-refractivity contribution >= 4 is 5.97 Å². The van der Waals surface area contributed by atoms with E-state index in [-0.39, 0.29) is 6.42 Å². The van der Waals surface area contributed by atoms with Crippen molar-refractivity contribution in [3.05, 3.63) is 35.9 Å². The Balaban J connectivity index is 1.81. The fourth-order valence-electron chi connectivity index (χ4n) is 2.63. The molecule has 104 valence electrons. The summed E-state index contributed by atoms with van der Waals surface area (Å²) in [5, 5.41) is 8.74. The van der Waals surface area contributed by atoms with Gasteiger partial charge in [-0.15, -0.1) is 0 Å². The number of carboxylic acid groups (broad SMARTS) is 1. The monoisotopic (exact) mass is 262 g/mol. The van der Waals surface area contributed by atoms with Crippen LogP contribution in [0.3, 0.4) is 0 Å². The molecule has 1 atom stereocenters. The summed E-state index contributed by atoms with van der Waals surface area (Å²) in [6.07, 6.45) is 0.239. The molecule has 1 saturated heterocycles. The summed E-state index contributed by atoms with van der Waals surface area (Å²) in [5.41, 5.74) is 1.34. The topological polar surface area (TPSA) is 43.8 Å². The summed E-state index contributed by atoms with van der Waals surface area (Å²) in [5.74, 6) is -0.709. The maximum atomic E-state index is 10.6. The van der Waals surface area contributed by atoms with Crippen LogP contribution in [0, 0.1) is 0 Å². The summed E-state index contributed by atoms with van der Waals surface area (Å²) in [4.78, 5) is 15.3. The van der Waals surface area contributed by atoms with E-state index in [1.165, 1.54) is 5.56 Å². The van der Waals surface area contributed by atoms with E-state index in [0.29, 0.717) is 12.6 Å². The minimum atomic E-state index is -0.709. The third-order valence-electron chi connectivity index (χ3n) is 3.71. The molecule has 0 radical (unpaired) electrons. The second kappa shape index (κ2) is 6.68. The van der Waals surface area contributed by atoms with Crippen LogP contribution in [0.5, 0.6) is 0 Å². The normalized spacial score (nSPS) is 21.4. The molecule has 0 saturated carbocycles. The Morgan fingerprint density at radius 3 is 2.68 bits per heavy atom. The molecule has 1 heterocycles. The number of aliphatic carboxylic acids is 1. The van der Waals surface area contributed by atoms with Crippen molar-refractivity contribution in [2.45, 2.75) is 25.9 Å². The van der Waals surface area contributed by atoms with Gasteiger partial charge in [0.1, 0.15) is 0 Å². The standard InChI is InChI=1S/C15H22N2O2/c1-13-11-16(12-14-5-3-2-4-6-14)9-10-17(13)8-7-15(18)19/h2-6,13H,7-12H2,1H3,(H,18,19). The van der Waals surface area contributed by atoms with Crippen molar-refractivity contribution in [3.63, 3.8) is 0 Å². The number of carbonyl (C=O) groups is 1. The van der Waals surface area contributed by atoms with Gasteiger partial charge in [-0.2, -0.15) is 0 Å². The van der Waals surface area contributed by atoms with E-state index >= 15 is 0 Å². The first-order valence-corrected chi connectivity index (χ1v) is 6.87. The van der Waals surface area contributed by atoms with E-state index in [1.807, 2.05) is 6.07 Å². The predicted octanol–water partition coefficient (Wildman–Crippen LogP) is 1.67. The lowest BCUT2D eigenvalue weighted by molar-refractivity contribution is -0.137. The van der Waals surface area contributed by atoms with Gasteiger partial charge in [-0.3, -0.25) is 14.6 Å². The highest BCUT2D eigenvalue weighted by atomic mass is 16.4. The summed E-state index contributed by atoms with van der Waals surface area (Å²) in [7, 11) is 0. The number of benzene rings is 1. The van der Waals surface area contributed by atoms with Crippen LogP contribution >= 0.6 is 0 Å². The highest BCUT2D eigenvalue weighted by Crippen LogP contribution is 2.13. The fraction of sp³-hybridized carbons (Fsp3) is 0.533. The molecular formula is C15H22N2O2. The Morgan fingerprint density at radius 1 is 1.32 bits per heavy atom. The van der Waals surface area contributed by atoms with Crippen molar-refractivity contribution in [2.24, 2.45) is 0 Å². The third-order valence-corrected chi connectivity index (χ3v) is 3.71. The van der Waals surface area contributed by atoms with Crippen LogP contribution in [0.1, 0.15) is 18.9 Å².